The normalized spacial score (nSPS) is 11.8. The third kappa shape index (κ3) is 4.10. The number of pyridine rings is 1. The minimum absolute atomic E-state index is 0.571. The number of benzene rings is 7. The molecule has 0 aliphatic carbocycles. The maximum Gasteiger partial charge on any atom is 0.164 e. The van der Waals surface area contributed by atoms with Crippen molar-refractivity contribution in [2.75, 3.05) is 0 Å². The van der Waals surface area contributed by atoms with E-state index in [2.05, 4.69) is 114 Å². The molecular weight excluding hydrogens is 576 g/mol. The highest BCUT2D eigenvalue weighted by atomic mass is 16.3. The predicted molar refractivity (Wildman–Crippen MR) is 191 cm³/mol. The van der Waals surface area contributed by atoms with Gasteiger partial charge in [0.25, 0.3) is 0 Å². The highest BCUT2D eigenvalue weighted by Crippen LogP contribution is 2.37. The van der Waals surface area contributed by atoms with Crippen LogP contribution in [-0.4, -0.2) is 19.9 Å². The van der Waals surface area contributed by atoms with Crippen molar-refractivity contribution in [3.8, 4) is 34.2 Å². The monoisotopic (exact) mass is 600 g/mol. The Labute approximate surface area is 268 Å². The van der Waals surface area contributed by atoms with Crippen molar-refractivity contribution in [3.63, 3.8) is 0 Å². The summed E-state index contributed by atoms with van der Waals surface area (Å²) in [5, 5.41) is 10.5. The van der Waals surface area contributed by atoms with Crippen molar-refractivity contribution in [2.45, 2.75) is 0 Å². The Bertz CT molecular complexity index is 2870. The molecule has 0 saturated heterocycles. The molecule has 0 atom stereocenters. The van der Waals surface area contributed by atoms with E-state index in [1.165, 1.54) is 32.3 Å². The zero-order chi connectivity index (χ0) is 30.9. The van der Waals surface area contributed by atoms with Gasteiger partial charge >= 0.3 is 0 Å². The minimum atomic E-state index is 0.571. The first kappa shape index (κ1) is 25.8. The summed E-state index contributed by atoms with van der Waals surface area (Å²) < 4.78 is 6.17. The summed E-state index contributed by atoms with van der Waals surface area (Å²) in [6.07, 6.45) is 1.79. The van der Waals surface area contributed by atoms with E-state index in [0.717, 1.165) is 49.5 Å². The quantitative estimate of drug-likeness (QED) is 0.189. The van der Waals surface area contributed by atoms with Gasteiger partial charge < -0.3 is 4.42 Å². The summed E-state index contributed by atoms with van der Waals surface area (Å²) in [4.78, 5) is 19.9. The Hall–Kier alpha value is -6.46. The fourth-order valence-corrected chi connectivity index (χ4v) is 6.88. The van der Waals surface area contributed by atoms with E-state index in [9.17, 15) is 0 Å². The number of nitrogens with zero attached hydrogens (tertiary/aromatic N) is 4. The van der Waals surface area contributed by atoms with Crippen molar-refractivity contribution in [1.82, 2.24) is 19.9 Å². The van der Waals surface area contributed by atoms with Crippen LogP contribution in [0.2, 0.25) is 0 Å². The average Bonchev–Trinajstić information content (AvgIpc) is 3.53. The van der Waals surface area contributed by atoms with Crippen molar-refractivity contribution < 1.29 is 4.42 Å². The van der Waals surface area contributed by atoms with Gasteiger partial charge in [-0.15, -0.1) is 0 Å². The van der Waals surface area contributed by atoms with E-state index in [0.29, 0.717) is 17.5 Å². The lowest BCUT2D eigenvalue weighted by Gasteiger charge is -2.11. The smallest absolute Gasteiger partial charge is 0.164 e. The van der Waals surface area contributed by atoms with E-state index in [1.54, 1.807) is 6.20 Å². The second-order valence-corrected chi connectivity index (χ2v) is 11.9. The molecule has 0 spiro atoms. The van der Waals surface area contributed by atoms with E-state index >= 15 is 0 Å². The molecule has 0 saturated carbocycles. The number of hydrogen-bond acceptors (Lipinski definition) is 5. The van der Waals surface area contributed by atoms with Crippen LogP contribution in [0.4, 0.5) is 0 Å². The number of fused-ring (bicyclic) bond motifs is 9. The van der Waals surface area contributed by atoms with Crippen LogP contribution >= 0.6 is 0 Å². The fraction of sp³-hybridized carbons (Fsp3) is 0. The van der Waals surface area contributed by atoms with Crippen LogP contribution in [-0.2, 0) is 0 Å². The molecule has 0 amide bonds. The summed E-state index contributed by atoms with van der Waals surface area (Å²) in [6, 6.07) is 48.4. The Kier molecular flexibility index (Phi) is 5.51. The highest BCUT2D eigenvalue weighted by Gasteiger charge is 2.19. The molecule has 218 valence electrons. The molecule has 3 aromatic heterocycles. The van der Waals surface area contributed by atoms with Crippen LogP contribution in [0, 0.1) is 0 Å². The number of rotatable bonds is 3. The molecule has 5 nitrogen and oxygen atoms in total. The second kappa shape index (κ2) is 10.0. The Morgan fingerprint density at radius 1 is 0.404 bits per heavy atom. The maximum atomic E-state index is 6.17. The number of hydrogen-bond donors (Lipinski definition) is 0. The lowest BCUT2D eigenvalue weighted by Crippen LogP contribution is -2.00. The first-order valence-corrected chi connectivity index (χ1v) is 15.6. The minimum Gasteiger partial charge on any atom is -0.454 e. The fourth-order valence-electron chi connectivity index (χ4n) is 6.88. The zero-order valence-electron chi connectivity index (χ0n) is 25.1. The molecule has 0 unspecified atom stereocenters. The molecule has 3 heterocycles. The van der Waals surface area contributed by atoms with Gasteiger partial charge in [0.1, 0.15) is 11.1 Å². The first-order chi connectivity index (χ1) is 23.3. The van der Waals surface area contributed by atoms with Gasteiger partial charge in [-0.1, -0.05) is 109 Å². The molecule has 0 aliphatic heterocycles. The number of furan rings is 1. The second-order valence-electron chi connectivity index (χ2n) is 11.9. The van der Waals surface area contributed by atoms with Crippen molar-refractivity contribution in [1.29, 1.82) is 0 Å². The molecule has 5 heteroatoms. The highest BCUT2D eigenvalue weighted by molar-refractivity contribution is 6.17. The topological polar surface area (TPSA) is 64.7 Å². The summed E-state index contributed by atoms with van der Waals surface area (Å²) in [5.74, 6) is 1.79. The zero-order valence-corrected chi connectivity index (χ0v) is 25.1. The molecule has 0 radical (unpaired) electrons. The molecule has 47 heavy (non-hydrogen) atoms. The van der Waals surface area contributed by atoms with Crippen LogP contribution in [0.3, 0.4) is 0 Å². The van der Waals surface area contributed by atoms with Crippen molar-refractivity contribution in [2.24, 2.45) is 0 Å². The van der Waals surface area contributed by atoms with Gasteiger partial charge in [0, 0.05) is 22.9 Å². The van der Waals surface area contributed by atoms with Gasteiger partial charge in [-0.3, -0.25) is 4.98 Å². The van der Waals surface area contributed by atoms with Crippen LogP contribution < -0.4 is 0 Å². The predicted octanol–water partition coefficient (Wildman–Crippen LogP) is 10.8. The van der Waals surface area contributed by atoms with Crippen LogP contribution in [0.15, 0.2) is 150 Å². The van der Waals surface area contributed by atoms with Gasteiger partial charge in [0.05, 0.1) is 5.39 Å². The summed E-state index contributed by atoms with van der Waals surface area (Å²) in [5.41, 5.74) is 4.96. The van der Waals surface area contributed by atoms with Crippen LogP contribution in [0.5, 0.6) is 0 Å². The molecule has 7 aromatic carbocycles. The SMILES string of the molecule is c1ccc2cc(-c3nc(-c4ccc5c(ccc6c7ccccc7ccc56)c4)nc(-c4cccc5oc6cccnc6c45)n3)ccc2c1. The van der Waals surface area contributed by atoms with Crippen LogP contribution in [0.25, 0.3) is 99.3 Å². The maximum absolute atomic E-state index is 6.17. The Morgan fingerprint density at radius 2 is 1.02 bits per heavy atom. The lowest BCUT2D eigenvalue weighted by molar-refractivity contribution is 0.668. The van der Waals surface area contributed by atoms with Gasteiger partial charge in [-0.05, 0) is 73.4 Å². The van der Waals surface area contributed by atoms with E-state index in [-0.39, 0.29) is 0 Å². The van der Waals surface area contributed by atoms with Crippen molar-refractivity contribution in [3.05, 3.63) is 146 Å². The largest absolute Gasteiger partial charge is 0.454 e. The van der Waals surface area contributed by atoms with Gasteiger partial charge in [-0.2, -0.15) is 0 Å². The summed E-state index contributed by atoms with van der Waals surface area (Å²) >= 11 is 0. The van der Waals surface area contributed by atoms with Gasteiger partial charge in [0.15, 0.2) is 23.1 Å². The summed E-state index contributed by atoms with van der Waals surface area (Å²) in [6.45, 7) is 0. The van der Waals surface area contributed by atoms with Crippen LogP contribution in [0.1, 0.15) is 0 Å². The molecule has 0 bridgehead atoms. The molecule has 10 aromatic rings. The standard InChI is InChI=1S/C42H24N4O/c1-2-9-27-23-29(15-14-25(27)7-1)40-44-41(46-42(45-40)35-11-5-12-36-38(35)39-37(47-36)13-6-22-43-39)30-18-19-32-28(24-30)17-21-33-31-10-4-3-8-26(31)16-20-34(32)33/h1-24H. The Balaban J connectivity index is 1.21. The molecular formula is C42H24N4O. The third-order valence-corrected chi connectivity index (χ3v) is 9.14. The first-order valence-electron chi connectivity index (χ1n) is 15.6. The molecule has 0 N–H and O–H groups in total. The van der Waals surface area contributed by atoms with Gasteiger partial charge in [-0.25, -0.2) is 15.0 Å². The molecule has 0 aliphatic rings. The van der Waals surface area contributed by atoms with Crippen molar-refractivity contribution >= 4 is 65.2 Å². The lowest BCUT2D eigenvalue weighted by atomic mass is 9.96. The Morgan fingerprint density at radius 3 is 1.87 bits per heavy atom. The molecule has 10 rings (SSSR count). The van der Waals surface area contributed by atoms with E-state index in [4.69, 9.17) is 19.4 Å². The number of aromatic nitrogens is 4. The third-order valence-electron chi connectivity index (χ3n) is 9.14. The van der Waals surface area contributed by atoms with E-state index < -0.39 is 0 Å². The van der Waals surface area contributed by atoms with Gasteiger partial charge in [0.2, 0.25) is 0 Å². The van der Waals surface area contributed by atoms with E-state index in [1.807, 2.05) is 30.3 Å². The average molecular weight is 601 g/mol. The summed E-state index contributed by atoms with van der Waals surface area (Å²) in [7, 11) is 0. The molecule has 0 fully saturated rings.